The highest BCUT2D eigenvalue weighted by Crippen LogP contribution is 2.16. The first-order chi connectivity index (χ1) is 12.4. The zero-order chi connectivity index (χ0) is 18.4. The number of nitrogens with zero attached hydrogens (tertiary/aromatic N) is 5. The zero-order valence-corrected chi connectivity index (χ0v) is 14.6. The normalized spacial score (nSPS) is 11.3. The van der Waals surface area contributed by atoms with Crippen LogP contribution in [0.25, 0.3) is 16.8 Å². The number of nitrogens with one attached hydrogen (secondary N) is 2. The van der Waals surface area contributed by atoms with Gasteiger partial charge in [-0.15, -0.1) is 0 Å². The maximum atomic E-state index is 12.7. The molecule has 0 saturated carbocycles. The van der Waals surface area contributed by atoms with E-state index in [0.717, 1.165) is 16.6 Å². The van der Waals surface area contributed by atoms with Crippen molar-refractivity contribution in [1.82, 2.24) is 34.4 Å². The second-order valence-electron chi connectivity index (χ2n) is 6.24. The Labute approximate surface area is 147 Å². The lowest BCUT2D eigenvalue weighted by Crippen LogP contribution is -2.33. The lowest BCUT2D eigenvalue weighted by atomic mass is 10.2. The Morgan fingerprint density at radius 2 is 2.08 bits per heavy atom. The molecule has 0 unspecified atom stereocenters. The fraction of sp³-hybridized carbons (Fsp3) is 0.235. The van der Waals surface area contributed by atoms with Gasteiger partial charge in [0.25, 0.3) is 17.2 Å². The molecule has 0 saturated heterocycles. The molecule has 0 spiro atoms. The number of hydrogen-bond acceptors (Lipinski definition) is 5. The number of para-hydroxylation sites is 1. The largest absolute Gasteiger partial charge is 0.340 e. The van der Waals surface area contributed by atoms with E-state index >= 15 is 0 Å². The van der Waals surface area contributed by atoms with Crippen molar-refractivity contribution < 1.29 is 4.79 Å². The SMILES string of the molecule is Cc1nc2ncc(C(=O)N(C)Cc3nc4c(C)cccc4[nH]3)c(=O)n2[nH]1. The van der Waals surface area contributed by atoms with Gasteiger partial charge in [-0.3, -0.25) is 14.7 Å². The first kappa shape index (κ1) is 16.0. The molecule has 4 aromatic rings. The van der Waals surface area contributed by atoms with Crippen molar-refractivity contribution >= 4 is 22.7 Å². The molecule has 3 heterocycles. The van der Waals surface area contributed by atoms with Crippen LogP contribution in [0.2, 0.25) is 0 Å². The van der Waals surface area contributed by atoms with Crippen molar-refractivity contribution in [3.63, 3.8) is 0 Å². The van der Waals surface area contributed by atoms with Crippen molar-refractivity contribution in [3.05, 3.63) is 57.5 Å². The van der Waals surface area contributed by atoms with Crippen LogP contribution in [-0.2, 0) is 6.54 Å². The standard InChI is InChI=1S/C17H17N7O2/c1-9-5-4-6-12-14(9)21-13(20-12)8-23(3)15(25)11-7-18-17-19-10(2)22-24(17)16(11)26/h4-7H,8H2,1-3H3,(H,20,21)(H,18,19,22). The number of aromatic nitrogens is 6. The third-order valence-corrected chi connectivity index (χ3v) is 4.21. The number of benzene rings is 1. The van der Waals surface area contributed by atoms with E-state index in [2.05, 4.69) is 25.0 Å². The minimum Gasteiger partial charge on any atom is -0.340 e. The highest BCUT2D eigenvalue weighted by molar-refractivity contribution is 5.93. The van der Waals surface area contributed by atoms with Crippen LogP contribution in [0, 0.1) is 13.8 Å². The van der Waals surface area contributed by atoms with Gasteiger partial charge in [-0.05, 0) is 25.5 Å². The first-order valence-electron chi connectivity index (χ1n) is 8.08. The molecule has 1 amide bonds. The summed E-state index contributed by atoms with van der Waals surface area (Å²) < 4.78 is 1.17. The molecule has 9 heteroatoms. The van der Waals surface area contributed by atoms with Crippen LogP contribution in [0.3, 0.4) is 0 Å². The van der Waals surface area contributed by atoms with Crippen LogP contribution in [0.5, 0.6) is 0 Å². The van der Waals surface area contributed by atoms with E-state index in [4.69, 9.17) is 0 Å². The van der Waals surface area contributed by atoms with E-state index in [1.807, 2.05) is 25.1 Å². The molecule has 4 rings (SSSR count). The summed E-state index contributed by atoms with van der Waals surface area (Å²) in [7, 11) is 1.62. The number of rotatable bonds is 3. The molecule has 0 bridgehead atoms. The quantitative estimate of drug-likeness (QED) is 0.576. The van der Waals surface area contributed by atoms with Gasteiger partial charge in [-0.25, -0.2) is 9.97 Å². The van der Waals surface area contributed by atoms with Crippen LogP contribution >= 0.6 is 0 Å². The van der Waals surface area contributed by atoms with Crippen LogP contribution in [0.4, 0.5) is 0 Å². The second kappa shape index (κ2) is 5.80. The second-order valence-corrected chi connectivity index (χ2v) is 6.24. The molecule has 0 aliphatic carbocycles. The molecule has 3 aromatic heterocycles. The van der Waals surface area contributed by atoms with Crippen molar-refractivity contribution in [2.75, 3.05) is 7.05 Å². The van der Waals surface area contributed by atoms with Crippen molar-refractivity contribution in [2.24, 2.45) is 0 Å². The molecule has 132 valence electrons. The third kappa shape index (κ3) is 2.53. The Kier molecular flexibility index (Phi) is 3.57. The summed E-state index contributed by atoms with van der Waals surface area (Å²) >= 11 is 0. The number of imidazole rings is 1. The van der Waals surface area contributed by atoms with E-state index in [1.54, 1.807) is 14.0 Å². The lowest BCUT2D eigenvalue weighted by Gasteiger charge is -2.15. The van der Waals surface area contributed by atoms with Gasteiger partial charge in [0.05, 0.1) is 17.6 Å². The Hall–Kier alpha value is -3.49. The van der Waals surface area contributed by atoms with Crippen LogP contribution in [-0.4, -0.2) is 47.4 Å². The molecule has 0 fully saturated rings. The summed E-state index contributed by atoms with van der Waals surface area (Å²) in [4.78, 5) is 42.5. The molecular weight excluding hydrogens is 334 g/mol. The Balaban J connectivity index is 1.64. The van der Waals surface area contributed by atoms with Gasteiger partial charge in [0.2, 0.25) is 0 Å². The van der Waals surface area contributed by atoms with Gasteiger partial charge in [0.1, 0.15) is 17.2 Å². The minimum atomic E-state index is -0.479. The van der Waals surface area contributed by atoms with Gasteiger partial charge in [-0.1, -0.05) is 12.1 Å². The highest BCUT2D eigenvalue weighted by Gasteiger charge is 2.20. The average Bonchev–Trinajstić information content (AvgIpc) is 3.18. The fourth-order valence-corrected chi connectivity index (χ4v) is 2.91. The van der Waals surface area contributed by atoms with E-state index < -0.39 is 11.5 Å². The van der Waals surface area contributed by atoms with E-state index in [0.29, 0.717) is 11.6 Å². The number of aryl methyl sites for hydroxylation is 2. The molecule has 0 atom stereocenters. The summed E-state index contributed by atoms with van der Waals surface area (Å²) in [5.41, 5.74) is 2.34. The molecule has 0 aliphatic rings. The molecule has 0 radical (unpaired) electrons. The Bertz CT molecular complexity index is 1200. The molecule has 2 N–H and O–H groups in total. The number of H-pyrrole nitrogens is 2. The molecule has 26 heavy (non-hydrogen) atoms. The average molecular weight is 351 g/mol. The molecule has 9 nitrogen and oxygen atoms in total. The number of aromatic amines is 2. The van der Waals surface area contributed by atoms with Crippen LogP contribution < -0.4 is 5.56 Å². The Morgan fingerprint density at radius 1 is 1.27 bits per heavy atom. The van der Waals surface area contributed by atoms with Crippen LogP contribution in [0.1, 0.15) is 27.6 Å². The number of hydrogen-bond donors (Lipinski definition) is 2. The third-order valence-electron chi connectivity index (χ3n) is 4.21. The topological polar surface area (TPSA) is 112 Å². The van der Waals surface area contributed by atoms with Crippen molar-refractivity contribution in [2.45, 2.75) is 20.4 Å². The van der Waals surface area contributed by atoms with Gasteiger partial charge < -0.3 is 9.88 Å². The number of carbonyl (C=O) groups is 1. The number of carbonyl (C=O) groups excluding carboxylic acids is 1. The Morgan fingerprint density at radius 3 is 2.85 bits per heavy atom. The maximum Gasteiger partial charge on any atom is 0.286 e. The predicted molar refractivity (Wildman–Crippen MR) is 95.0 cm³/mol. The number of amides is 1. The molecule has 1 aromatic carbocycles. The monoisotopic (exact) mass is 351 g/mol. The zero-order valence-electron chi connectivity index (χ0n) is 14.6. The van der Waals surface area contributed by atoms with Gasteiger partial charge >= 0.3 is 0 Å². The van der Waals surface area contributed by atoms with Gasteiger partial charge in [-0.2, -0.15) is 9.50 Å². The van der Waals surface area contributed by atoms with Gasteiger partial charge in [0.15, 0.2) is 0 Å². The van der Waals surface area contributed by atoms with Crippen molar-refractivity contribution in [1.29, 1.82) is 0 Å². The summed E-state index contributed by atoms with van der Waals surface area (Å²) in [5.74, 6) is 1.00. The smallest absolute Gasteiger partial charge is 0.286 e. The molecular formula is C17H17N7O2. The summed E-state index contributed by atoms with van der Waals surface area (Å²) in [5, 5.41) is 2.78. The van der Waals surface area contributed by atoms with Crippen LogP contribution in [0.15, 0.2) is 29.2 Å². The minimum absolute atomic E-state index is 0.0269. The first-order valence-corrected chi connectivity index (χ1v) is 8.08. The lowest BCUT2D eigenvalue weighted by molar-refractivity contribution is 0.0779. The predicted octanol–water partition coefficient (Wildman–Crippen LogP) is 1.18. The summed E-state index contributed by atoms with van der Waals surface area (Å²) in [6, 6.07) is 5.87. The van der Waals surface area contributed by atoms with E-state index in [1.165, 1.54) is 15.6 Å². The maximum absolute atomic E-state index is 12.7. The highest BCUT2D eigenvalue weighted by atomic mass is 16.2. The van der Waals surface area contributed by atoms with Crippen molar-refractivity contribution in [3.8, 4) is 0 Å². The van der Waals surface area contributed by atoms with Gasteiger partial charge in [0, 0.05) is 13.2 Å². The summed E-state index contributed by atoms with van der Waals surface area (Å²) in [6.45, 7) is 3.94. The molecule has 0 aliphatic heterocycles. The number of fused-ring (bicyclic) bond motifs is 2. The van der Waals surface area contributed by atoms with E-state index in [-0.39, 0.29) is 17.9 Å². The fourth-order valence-electron chi connectivity index (χ4n) is 2.91. The summed E-state index contributed by atoms with van der Waals surface area (Å²) in [6.07, 6.45) is 1.26. The van der Waals surface area contributed by atoms with E-state index in [9.17, 15) is 9.59 Å².